The third-order valence-corrected chi connectivity index (χ3v) is 6.91. The number of amides is 1. The molecular formula is C29H29ClN4O6. The smallest absolute Gasteiger partial charge is 0.270 e. The number of nitrogens with zero attached hydrogens (tertiary/aromatic N) is 4. The van der Waals surface area contributed by atoms with Crippen LogP contribution in [-0.2, 0) is 4.74 Å². The summed E-state index contributed by atoms with van der Waals surface area (Å²) in [5.74, 6) is 0.565. The van der Waals surface area contributed by atoms with Gasteiger partial charge in [-0.05, 0) is 55.3 Å². The third-order valence-electron chi connectivity index (χ3n) is 6.60. The predicted molar refractivity (Wildman–Crippen MR) is 153 cm³/mol. The molecule has 0 saturated carbocycles. The first-order valence-corrected chi connectivity index (χ1v) is 13.1. The molecule has 0 aliphatic heterocycles. The summed E-state index contributed by atoms with van der Waals surface area (Å²) in [5, 5.41) is 11.6. The zero-order chi connectivity index (χ0) is 28.8. The van der Waals surface area contributed by atoms with Crippen LogP contribution in [0.2, 0.25) is 5.02 Å². The molecule has 0 radical (unpaired) electrons. The molecule has 4 aromatic rings. The Hall–Kier alpha value is -4.28. The van der Waals surface area contributed by atoms with E-state index in [1.54, 1.807) is 67.7 Å². The van der Waals surface area contributed by atoms with Crippen molar-refractivity contribution in [2.75, 3.05) is 27.4 Å². The number of ether oxygens (including phenoxy) is 2. The molecule has 1 amide bonds. The topological polar surface area (TPSA) is 117 Å². The Labute approximate surface area is 235 Å². The monoisotopic (exact) mass is 564 g/mol. The minimum absolute atomic E-state index is 0.0372. The van der Waals surface area contributed by atoms with Gasteiger partial charge in [0.1, 0.15) is 11.6 Å². The van der Waals surface area contributed by atoms with Crippen LogP contribution in [0.1, 0.15) is 42.0 Å². The molecule has 40 heavy (non-hydrogen) atoms. The summed E-state index contributed by atoms with van der Waals surface area (Å²) in [6.07, 6.45) is 0.925. The van der Waals surface area contributed by atoms with Gasteiger partial charge < -0.3 is 14.4 Å². The Bertz CT molecular complexity index is 1590. The van der Waals surface area contributed by atoms with Crippen LogP contribution in [0.3, 0.4) is 0 Å². The lowest BCUT2D eigenvalue weighted by molar-refractivity contribution is -0.384. The number of nitro groups is 1. The zero-order valence-corrected chi connectivity index (χ0v) is 23.1. The van der Waals surface area contributed by atoms with Crippen molar-refractivity contribution in [2.45, 2.75) is 25.8 Å². The van der Waals surface area contributed by atoms with Gasteiger partial charge in [-0.2, -0.15) is 0 Å². The van der Waals surface area contributed by atoms with E-state index in [9.17, 15) is 19.7 Å². The average molecular weight is 565 g/mol. The lowest BCUT2D eigenvalue weighted by atomic mass is 10.1. The van der Waals surface area contributed by atoms with Crippen LogP contribution < -0.4 is 10.3 Å². The molecule has 1 unspecified atom stereocenters. The highest BCUT2D eigenvalue weighted by Crippen LogP contribution is 2.31. The van der Waals surface area contributed by atoms with Gasteiger partial charge in [0.2, 0.25) is 0 Å². The first-order chi connectivity index (χ1) is 19.3. The first kappa shape index (κ1) is 28.7. The molecule has 1 atom stereocenters. The lowest BCUT2D eigenvalue weighted by Gasteiger charge is -2.32. The fourth-order valence-electron chi connectivity index (χ4n) is 4.62. The number of nitro benzene ring substituents is 1. The number of fused-ring (bicyclic) bond motifs is 1. The number of aromatic nitrogens is 2. The highest BCUT2D eigenvalue weighted by molar-refractivity contribution is 6.34. The van der Waals surface area contributed by atoms with E-state index in [1.807, 2.05) is 6.92 Å². The molecule has 0 aliphatic rings. The molecular weight excluding hydrogens is 536 g/mol. The van der Waals surface area contributed by atoms with Crippen LogP contribution in [0.25, 0.3) is 16.6 Å². The van der Waals surface area contributed by atoms with Gasteiger partial charge in [-0.1, -0.05) is 30.7 Å². The Morgan fingerprint density at radius 2 is 1.85 bits per heavy atom. The van der Waals surface area contributed by atoms with Crippen LogP contribution in [-0.4, -0.2) is 52.7 Å². The average Bonchev–Trinajstić information content (AvgIpc) is 2.96. The molecule has 3 aromatic carbocycles. The predicted octanol–water partition coefficient (Wildman–Crippen LogP) is 5.59. The molecule has 208 valence electrons. The maximum Gasteiger partial charge on any atom is 0.270 e. The standard InChI is InChI=1S/C29H29ClN4O6/c1-4-26(32(16-7-17-39-2)28(35)22-15-12-20(34(37)38)18-24(22)30)27-31-25-9-6-5-8-23(25)29(36)33(27)19-10-13-21(40-3)14-11-19/h5-6,8-15,18,26H,4,7,16-17H2,1-3H3. The normalized spacial score (nSPS) is 11.8. The van der Waals surface area contributed by atoms with Gasteiger partial charge >= 0.3 is 0 Å². The fourth-order valence-corrected chi connectivity index (χ4v) is 4.88. The minimum Gasteiger partial charge on any atom is -0.497 e. The van der Waals surface area contributed by atoms with Crippen LogP contribution in [0.5, 0.6) is 5.75 Å². The van der Waals surface area contributed by atoms with Crippen molar-refractivity contribution >= 4 is 34.1 Å². The quantitative estimate of drug-likeness (QED) is 0.132. The van der Waals surface area contributed by atoms with Gasteiger partial charge in [-0.3, -0.25) is 24.3 Å². The maximum atomic E-state index is 14.0. The summed E-state index contributed by atoms with van der Waals surface area (Å²) < 4.78 is 12.0. The summed E-state index contributed by atoms with van der Waals surface area (Å²) in [7, 11) is 3.13. The third kappa shape index (κ3) is 5.83. The molecule has 0 aliphatic carbocycles. The summed E-state index contributed by atoms with van der Waals surface area (Å²) in [4.78, 5) is 45.0. The van der Waals surface area contributed by atoms with E-state index in [1.165, 1.54) is 16.7 Å². The molecule has 1 heterocycles. The minimum atomic E-state index is -0.643. The van der Waals surface area contributed by atoms with Gasteiger partial charge in [0.25, 0.3) is 17.2 Å². The van der Waals surface area contributed by atoms with Crippen molar-refractivity contribution in [3.05, 3.63) is 104 Å². The van der Waals surface area contributed by atoms with Crippen molar-refractivity contribution in [2.24, 2.45) is 0 Å². The van der Waals surface area contributed by atoms with Crippen molar-refractivity contribution in [1.82, 2.24) is 14.5 Å². The van der Waals surface area contributed by atoms with Gasteiger partial charge in [0.05, 0.1) is 45.3 Å². The van der Waals surface area contributed by atoms with E-state index in [2.05, 4.69) is 0 Å². The van der Waals surface area contributed by atoms with Crippen molar-refractivity contribution in [1.29, 1.82) is 0 Å². The number of carbonyl (C=O) groups excluding carboxylic acids is 1. The highest BCUT2D eigenvalue weighted by atomic mass is 35.5. The number of hydrogen-bond donors (Lipinski definition) is 0. The van der Waals surface area contributed by atoms with Crippen molar-refractivity contribution < 1.29 is 19.2 Å². The lowest BCUT2D eigenvalue weighted by Crippen LogP contribution is -2.39. The zero-order valence-electron chi connectivity index (χ0n) is 22.4. The molecule has 0 saturated heterocycles. The number of non-ortho nitro benzene ring substituents is 1. The number of halogens is 1. The van der Waals surface area contributed by atoms with Gasteiger partial charge in [0.15, 0.2) is 0 Å². The maximum absolute atomic E-state index is 14.0. The van der Waals surface area contributed by atoms with E-state index < -0.39 is 16.9 Å². The molecule has 1 aromatic heterocycles. The Kier molecular flexibility index (Phi) is 9.13. The molecule has 0 bridgehead atoms. The molecule has 11 heteroatoms. The van der Waals surface area contributed by atoms with E-state index in [0.29, 0.717) is 47.6 Å². The number of carbonyl (C=O) groups is 1. The van der Waals surface area contributed by atoms with Gasteiger partial charge in [0, 0.05) is 32.4 Å². The largest absolute Gasteiger partial charge is 0.497 e. The van der Waals surface area contributed by atoms with Gasteiger partial charge in [-0.25, -0.2) is 4.98 Å². The number of methoxy groups -OCH3 is 2. The Morgan fingerprint density at radius 1 is 1.12 bits per heavy atom. The Balaban J connectivity index is 1.91. The summed E-state index contributed by atoms with van der Waals surface area (Å²) in [6, 6.07) is 17.2. The molecule has 4 rings (SSSR count). The second kappa shape index (κ2) is 12.7. The number of para-hydroxylation sites is 1. The fraction of sp³-hybridized carbons (Fsp3) is 0.276. The number of benzene rings is 3. The second-order valence-corrected chi connectivity index (χ2v) is 9.42. The summed E-state index contributed by atoms with van der Waals surface area (Å²) in [5.41, 5.74) is 0.687. The second-order valence-electron chi connectivity index (χ2n) is 9.02. The number of hydrogen-bond acceptors (Lipinski definition) is 7. The number of rotatable bonds is 11. The Morgan fingerprint density at radius 3 is 2.48 bits per heavy atom. The summed E-state index contributed by atoms with van der Waals surface area (Å²) in [6.45, 7) is 2.56. The molecule has 0 fully saturated rings. The molecule has 0 spiro atoms. The highest BCUT2D eigenvalue weighted by Gasteiger charge is 2.31. The van der Waals surface area contributed by atoms with E-state index in [-0.39, 0.29) is 28.4 Å². The van der Waals surface area contributed by atoms with Gasteiger partial charge in [-0.15, -0.1) is 0 Å². The van der Waals surface area contributed by atoms with Crippen LogP contribution in [0.4, 0.5) is 5.69 Å². The van der Waals surface area contributed by atoms with E-state index in [4.69, 9.17) is 26.1 Å². The van der Waals surface area contributed by atoms with Crippen LogP contribution in [0, 0.1) is 10.1 Å². The van der Waals surface area contributed by atoms with Crippen LogP contribution >= 0.6 is 11.6 Å². The van der Waals surface area contributed by atoms with E-state index in [0.717, 1.165) is 6.07 Å². The first-order valence-electron chi connectivity index (χ1n) is 12.7. The molecule has 10 nitrogen and oxygen atoms in total. The summed E-state index contributed by atoms with van der Waals surface area (Å²) >= 11 is 6.37. The van der Waals surface area contributed by atoms with Crippen molar-refractivity contribution in [3.8, 4) is 11.4 Å². The molecule has 0 N–H and O–H groups in total. The SMILES string of the molecule is CCC(c1nc2ccccc2c(=O)n1-c1ccc(OC)cc1)N(CCCOC)C(=O)c1ccc([N+](=O)[O-])cc1Cl. The van der Waals surface area contributed by atoms with E-state index >= 15 is 0 Å². The van der Waals surface area contributed by atoms with Crippen LogP contribution in [0.15, 0.2) is 71.5 Å². The van der Waals surface area contributed by atoms with Crippen molar-refractivity contribution in [3.63, 3.8) is 0 Å².